The average molecular weight is 304 g/mol. The van der Waals surface area contributed by atoms with Crippen molar-refractivity contribution >= 4 is 23.2 Å². The van der Waals surface area contributed by atoms with Crippen molar-refractivity contribution in [3.8, 4) is 0 Å². The summed E-state index contributed by atoms with van der Waals surface area (Å²) in [5.41, 5.74) is 0.00298. The maximum Gasteiger partial charge on any atom is 0.244 e. The third-order valence-electron chi connectivity index (χ3n) is 2.97. The van der Waals surface area contributed by atoms with Gasteiger partial charge in [0.2, 0.25) is 11.8 Å². The first-order valence-electron chi connectivity index (χ1n) is 6.56. The minimum absolute atomic E-state index is 0.00122. The van der Waals surface area contributed by atoms with Crippen molar-refractivity contribution < 1.29 is 18.4 Å². The minimum atomic E-state index is -0.622. The highest BCUT2D eigenvalue weighted by molar-refractivity contribution is 6.01. The zero-order valence-corrected chi connectivity index (χ0v) is 11.8. The van der Waals surface area contributed by atoms with Gasteiger partial charge in [0.25, 0.3) is 0 Å². The van der Waals surface area contributed by atoms with Gasteiger partial charge in [-0.25, -0.2) is 8.78 Å². The summed E-state index contributed by atoms with van der Waals surface area (Å²) < 4.78 is 27.2. The number of nitrogens with zero attached hydrogens (tertiary/aromatic N) is 1. The smallest absolute Gasteiger partial charge is 0.244 e. The molecule has 114 valence electrons. The Kier molecular flexibility index (Phi) is 4.83. The van der Waals surface area contributed by atoms with Crippen molar-refractivity contribution in [2.75, 3.05) is 16.8 Å². The molecule has 6 heteroatoms. The lowest BCUT2D eigenvalue weighted by molar-refractivity contribution is -0.120. The number of halogens is 2. The summed E-state index contributed by atoms with van der Waals surface area (Å²) in [6, 6.07) is 11.3. The summed E-state index contributed by atoms with van der Waals surface area (Å²) in [6.45, 7) is 0.813. The van der Waals surface area contributed by atoms with E-state index in [2.05, 4.69) is 5.32 Å². The van der Waals surface area contributed by atoms with Crippen LogP contribution in [-0.4, -0.2) is 18.4 Å². The Balaban J connectivity index is 2.15. The molecule has 2 amide bonds. The van der Waals surface area contributed by atoms with Crippen LogP contribution in [0.25, 0.3) is 0 Å². The number of carbonyl (C=O) groups is 2. The van der Waals surface area contributed by atoms with Crippen LogP contribution in [0.3, 0.4) is 0 Å². The maximum atomic E-state index is 13.8. The average Bonchev–Trinajstić information content (AvgIpc) is 2.48. The fourth-order valence-electron chi connectivity index (χ4n) is 1.93. The van der Waals surface area contributed by atoms with Crippen LogP contribution in [0, 0.1) is 11.6 Å². The normalized spacial score (nSPS) is 10.1. The highest BCUT2D eigenvalue weighted by atomic mass is 19.1. The van der Waals surface area contributed by atoms with Crippen molar-refractivity contribution in [3.63, 3.8) is 0 Å². The molecule has 0 fully saturated rings. The van der Waals surface area contributed by atoms with Crippen LogP contribution >= 0.6 is 0 Å². The van der Waals surface area contributed by atoms with Crippen LogP contribution in [0.1, 0.15) is 6.92 Å². The highest BCUT2D eigenvalue weighted by Gasteiger charge is 2.19. The zero-order chi connectivity index (χ0) is 16.1. The maximum absolute atomic E-state index is 13.8. The fraction of sp³-hybridized carbons (Fsp3) is 0.125. The largest absolute Gasteiger partial charge is 0.322 e. The number of amides is 2. The van der Waals surface area contributed by atoms with E-state index in [9.17, 15) is 18.4 Å². The lowest BCUT2D eigenvalue weighted by atomic mass is 10.2. The van der Waals surface area contributed by atoms with Crippen LogP contribution in [0.15, 0.2) is 48.5 Å². The van der Waals surface area contributed by atoms with Gasteiger partial charge in [-0.2, -0.15) is 0 Å². The van der Waals surface area contributed by atoms with Gasteiger partial charge >= 0.3 is 0 Å². The Morgan fingerprint density at radius 2 is 1.59 bits per heavy atom. The van der Waals surface area contributed by atoms with Gasteiger partial charge < -0.3 is 10.2 Å². The standard InChI is InChI=1S/C16H14F2N2O2/c1-11(21)20(15-9-5-3-7-13(15)18)10-16(22)19-14-8-4-2-6-12(14)17/h2-9H,10H2,1H3,(H,19,22). The Morgan fingerprint density at radius 1 is 1.00 bits per heavy atom. The van der Waals surface area contributed by atoms with Crippen molar-refractivity contribution in [3.05, 3.63) is 60.2 Å². The van der Waals surface area contributed by atoms with E-state index in [1.807, 2.05) is 0 Å². The Morgan fingerprint density at radius 3 is 2.18 bits per heavy atom. The quantitative estimate of drug-likeness (QED) is 0.944. The zero-order valence-electron chi connectivity index (χ0n) is 11.8. The molecule has 4 nitrogen and oxygen atoms in total. The summed E-state index contributed by atoms with van der Waals surface area (Å²) in [5, 5.41) is 2.35. The third kappa shape index (κ3) is 3.66. The molecule has 0 aliphatic heterocycles. The highest BCUT2D eigenvalue weighted by Crippen LogP contribution is 2.19. The summed E-state index contributed by atoms with van der Waals surface area (Å²) >= 11 is 0. The molecule has 2 aromatic carbocycles. The van der Waals surface area contributed by atoms with Gasteiger partial charge in [-0.1, -0.05) is 24.3 Å². The lowest BCUT2D eigenvalue weighted by Crippen LogP contribution is -2.37. The van der Waals surface area contributed by atoms with Crippen LogP contribution in [0.5, 0.6) is 0 Å². The molecule has 0 saturated heterocycles. The molecule has 0 radical (unpaired) electrons. The third-order valence-corrected chi connectivity index (χ3v) is 2.97. The molecular weight excluding hydrogens is 290 g/mol. The van der Waals surface area contributed by atoms with E-state index < -0.39 is 30.0 Å². The molecule has 0 heterocycles. The number of para-hydroxylation sites is 2. The van der Waals surface area contributed by atoms with Crippen LogP contribution in [-0.2, 0) is 9.59 Å². The first kappa shape index (κ1) is 15.6. The van der Waals surface area contributed by atoms with Gasteiger partial charge in [-0.3, -0.25) is 9.59 Å². The van der Waals surface area contributed by atoms with E-state index in [1.54, 1.807) is 12.1 Å². The molecule has 0 saturated carbocycles. The number of rotatable bonds is 4. The lowest BCUT2D eigenvalue weighted by Gasteiger charge is -2.21. The summed E-state index contributed by atoms with van der Waals surface area (Å²) in [6.07, 6.45) is 0. The fourth-order valence-corrected chi connectivity index (χ4v) is 1.93. The molecular formula is C16H14F2N2O2. The minimum Gasteiger partial charge on any atom is -0.322 e. The van der Waals surface area contributed by atoms with Crippen LogP contribution in [0.2, 0.25) is 0 Å². The van der Waals surface area contributed by atoms with Crippen LogP contribution < -0.4 is 10.2 Å². The second kappa shape index (κ2) is 6.80. The number of carbonyl (C=O) groups excluding carboxylic acids is 2. The molecule has 22 heavy (non-hydrogen) atoms. The Labute approximate surface area is 126 Å². The molecule has 0 aliphatic carbocycles. The van der Waals surface area contributed by atoms with Gasteiger partial charge in [0, 0.05) is 6.92 Å². The molecule has 0 aromatic heterocycles. The monoisotopic (exact) mass is 304 g/mol. The predicted molar refractivity (Wildman–Crippen MR) is 79.5 cm³/mol. The number of hydrogen-bond acceptors (Lipinski definition) is 2. The number of hydrogen-bond donors (Lipinski definition) is 1. The number of benzene rings is 2. The second-order valence-electron chi connectivity index (χ2n) is 4.58. The van der Waals surface area contributed by atoms with Gasteiger partial charge in [0.1, 0.15) is 18.2 Å². The Bertz CT molecular complexity index is 704. The first-order chi connectivity index (χ1) is 10.5. The van der Waals surface area contributed by atoms with E-state index in [0.29, 0.717) is 0 Å². The van der Waals surface area contributed by atoms with Crippen molar-refractivity contribution in [1.82, 2.24) is 0 Å². The van der Waals surface area contributed by atoms with E-state index in [1.165, 1.54) is 43.3 Å². The SMILES string of the molecule is CC(=O)N(CC(=O)Nc1ccccc1F)c1ccccc1F. The summed E-state index contributed by atoms with van der Waals surface area (Å²) in [5.74, 6) is -2.31. The van der Waals surface area contributed by atoms with Crippen molar-refractivity contribution in [1.29, 1.82) is 0 Å². The number of nitrogens with one attached hydrogen (secondary N) is 1. The molecule has 2 rings (SSSR count). The first-order valence-corrected chi connectivity index (χ1v) is 6.56. The van der Waals surface area contributed by atoms with Gasteiger partial charge in [0.05, 0.1) is 11.4 Å². The van der Waals surface area contributed by atoms with Gasteiger partial charge in [-0.05, 0) is 24.3 Å². The van der Waals surface area contributed by atoms with Crippen molar-refractivity contribution in [2.24, 2.45) is 0 Å². The molecule has 0 aliphatic rings. The van der Waals surface area contributed by atoms with E-state index in [4.69, 9.17) is 0 Å². The van der Waals surface area contributed by atoms with E-state index in [-0.39, 0.29) is 11.4 Å². The second-order valence-corrected chi connectivity index (χ2v) is 4.58. The molecule has 2 aromatic rings. The Hall–Kier alpha value is -2.76. The molecule has 0 bridgehead atoms. The molecule has 1 N–H and O–H groups in total. The topological polar surface area (TPSA) is 49.4 Å². The molecule has 0 atom stereocenters. The van der Waals surface area contributed by atoms with Crippen LogP contribution in [0.4, 0.5) is 20.2 Å². The van der Waals surface area contributed by atoms with Gasteiger partial charge in [0.15, 0.2) is 0 Å². The van der Waals surface area contributed by atoms with Crippen molar-refractivity contribution in [2.45, 2.75) is 6.92 Å². The molecule has 0 unspecified atom stereocenters. The molecule has 0 spiro atoms. The summed E-state index contributed by atoms with van der Waals surface area (Å²) in [4.78, 5) is 24.6. The summed E-state index contributed by atoms with van der Waals surface area (Å²) in [7, 11) is 0. The number of anilines is 2. The van der Waals surface area contributed by atoms with Gasteiger partial charge in [-0.15, -0.1) is 0 Å². The van der Waals surface area contributed by atoms with E-state index >= 15 is 0 Å². The predicted octanol–water partition coefficient (Wildman–Crippen LogP) is 2.96. The van der Waals surface area contributed by atoms with E-state index in [0.717, 1.165) is 4.90 Å².